The van der Waals surface area contributed by atoms with E-state index in [0.717, 1.165) is 37.9 Å². The molecule has 1 aromatic carbocycles. The molecule has 1 saturated heterocycles. The van der Waals surface area contributed by atoms with Gasteiger partial charge in [-0.1, -0.05) is 30.3 Å². The Morgan fingerprint density at radius 3 is 2.76 bits per heavy atom. The SMILES string of the molecule is O=C(Cc1ccccc1)C1CCCN(C(=O)CCCn2cccn2)C1. The third-order valence-electron chi connectivity index (χ3n) is 4.79. The summed E-state index contributed by atoms with van der Waals surface area (Å²) in [5.41, 5.74) is 1.05. The van der Waals surface area contributed by atoms with E-state index in [0.29, 0.717) is 19.4 Å². The van der Waals surface area contributed by atoms with Gasteiger partial charge in [0.05, 0.1) is 0 Å². The Bertz CT molecular complexity index is 682. The van der Waals surface area contributed by atoms with Gasteiger partial charge >= 0.3 is 0 Å². The van der Waals surface area contributed by atoms with Crippen LogP contribution in [-0.4, -0.2) is 39.5 Å². The number of rotatable bonds is 7. The van der Waals surface area contributed by atoms with Crippen molar-refractivity contribution in [3.63, 3.8) is 0 Å². The van der Waals surface area contributed by atoms with Crippen LogP contribution in [0.4, 0.5) is 0 Å². The Labute approximate surface area is 148 Å². The number of aryl methyl sites for hydroxylation is 1. The molecule has 0 bridgehead atoms. The Kier molecular flexibility index (Phi) is 5.99. The third kappa shape index (κ3) is 5.02. The highest BCUT2D eigenvalue weighted by atomic mass is 16.2. The number of carbonyl (C=O) groups is 2. The highest BCUT2D eigenvalue weighted by Crippen LogP contribution is 2.20. The molecule has 0 saturated carbocycles. The number of hydrogen-bond donors (Lipinski definition) is 0. The van der Waals surface area contributed by atoms with E-state index < -0.39 is 0 Å². The average Bonchev–Trinajstić information content (AvgIpc) is 3.16. The van der Waals surface area contributed by atoms with Crippen molar-refractivity contribution in [2.24, 2.45) is 5.92 Å². The summed E-state index contributed by atoms with van der Waals surface area (Å²) in [5.74, 6) is 0.383. The van der Waals surface area contributed by atoms with Crippen LogP contribution in [0.3, 0.4) is 0 Å². The lowest BCUT2D eigenvalue weighted by Gasteiger charge is -2.32. The number of nitrogens with zero attached hydrogens (tertiary/aromatic N) is 3. The molecular weight excluding hydrogens is 314 g/mol. The predicted octanol–water partition coefficient (Wildman–Crippen LogP) is 2.71. The highest BCUT2D eigenvalue weighted by Gasteiger charge is 2.27. The van der Waals surface area contributed by atoms with Gasteiger partial charge in [-0.25, -0.2) is 0 Å². The lowest BCUT2D eigenvalue weighted by molar-refractivity contribution is -0.135. The van der Waals surface area contributed by atoms with E-state index in [-0.39, 0.29) is 17.6 Å². The van der Waals surface area contributed by atoms with E-state index in [4.69, 9.17) is 0 Å². The second kappa shape index (κ2) is 8.60. The molecule has 1 aliphatic rings. The number of hydrogen-bond acceptors (Lipinski definition) is 3. The van der Waals surface area contributed by atoms with Gasteiger partial charge in [0.1, 0.15) is 5.78 Å². The normalized spacial score (nSPS) is 17.4. The van der Waals surface area contributed by atoms with Gasteiger partial charge in [-0.2, -0.15) is 5.10 Å². The molecule has 132 valence electrons. The molecule has 1 unspecified atom stereocenters. The number of carbonyl (C=O) groups excluding carboxylic acids is 2. The molecule has 1 aromatic heterocycles. The minimum Gasteiger partial charge on any atom is -0.342 e. The van der Waals surface area contributed by atoms with Crippen molar-refractivity contribution in [2.45, 2.75) is 38.6 Å². The first-order valence-electron chi connectivity index (χ1n) is 9.04. The summed E-state index contributed by atoms with van der Waals surface area (Å²) >= 11 is 0. The number of Topliss-reactive ketones (excluding diaryl/α,β-unsaturated/α-hetero) is 1. The van der Waals surface area contributed by atoms with Gasteiger partial charge in [-0.05, 0) is 30.9 Å². The number of likely N-dealkylation sites (tertiary alicyclic amines) is 1. The summed E-state index contributed by atoms with van der Waals surface area (Å²) in [6.45, 7) is 2.10. The zero-order valence-corrected chi connectivity index (χ0v) is 14.5. The zero-order valence-electron chi connectivity index (χ0n) is 14.5. The van der Waals surface area contributed by atoms with Crippen LogP contribution in [-0.2, 0) is 22.6 Å². The van der Waals surface area contributed by atoms with Crippen LogP contribution in [0.15, 0.2) is 48.8 Å². The van der Waals surface area contributed by atoms with E-state index in [1.807, 2.05) is 52.2 Å². The standard InChI is InChI=1S/C20H25N3O2/c24-19(15-17-7-2-1-3-8-17)18-9-4-12-22(16-18)20(25)10-5-13-23-14-6-11-21-23/h1-3,6-8,11,14,18H,4-5,9-10,12-13,15-16H2. The molecule has 0 aliphatic carbocycles. The summed E-state index contributed by atoms with van der Waals surface area (Å²) in [6, 6.07) is 11.7. The van der Waals surface area contributed by atoms with Crippen LogP contribution in [0.2, 0.25) is 0 Å². The van der Waals surface area contributed by atoms with Gasteiger partial charge in [0.15, 0.2) is 0 Å². The minimum absolute atomic E-state index is 0.0241. The first-order chi connectivity index (χ1) is 12.2. The Morgan fingerprint density at radius 1 is 1.16 bits per heavy atom. The lowest BCUT2D eigenvalue weighted by Crippen LogP contribution is -2.42. The Balaban J connectivity index is 1.46. The van der Waals surface area contributed by atoms with Crippen molar-refractivity contribution in [1.82, 2.24) is 14.7 Å². The van der Waals surface area contributed by atoms with Crippen molar-refractivity contribution in [3.8, 4) is 0 Å². The fraction of sp³-hybridized carbons (Fsp3) is 0.450. The van der Waals surface area contributed by atoms with Crippen molar-refractivity contribution < 1.29 is 9.59 Å². The summed E-state index contributed by atoms with van der Waals surface area (Å²) in [7, 11) is 0. The first-order valence-corrected chi connectivity index (χ1v) is 9.04. The van der Waals surface area contributed by atoms with E-state index in [1.54, 1.807) is 6.20 Å². The average molecular weight is 339 g/mol. The van der Waals surface area contributed by atoms with Crippen LogP contribution < -0.4 is 0 Å². The molecular formula is C20H25N3O2. The predicted molar refractivity (Wildman–Crippen MR) is 95.9 cm³/mol. The molecule has 5 heteroatoms. The molecule has 3 rings (SSSR count). The van der Waals surface area contributed by atoms with E-state index >= 15 is 0 Å². The van der Waals surface area contributed by atoms with Gasteiger partial charge in [-0.15, -0.1) is 0 Å². The van der Waals surface area contributed by atoms with Gasteiger partial charge < -0.3 is 4.90 Å². The Hall–Kier alpha value is -2.43. The van der Waals surface area contributed by atoms with Gasteiger partial charge in [0.25, 0.3) is 0 Å². The van der Waals surface area contributed by atoms with Crippen LogP contribution >= 0.6 is 0 Å². The molecule has 1 atom stereocenters. The highest BCUT2D eigenvalue weighted by molar-refractivity contribution is 5.84. The topological polar surface area (TPSA) is 55.2 Å². The van der Waals surface area contributed by atoms with Crippen LogP contribution in [0.5, 0.6) is 0 Å². The summed E-state index contributed by atoms with van der Waals surface area (Å²) in [6.07, 6.45) is 7.21. The Morgan fingerprint density at radius 2 is 2.00 bits per heavy atom. The number of aromatic nitrogens is 2. The molecule has 1 fully saturated rings. The van der Waals surface area contributed by atoms with Crippen molar-refractivity contribution in [2.75, 3.05) is 13.1 Å². The van der Waals surface area contributed by atoms with E-state index in [9.17, 15) is 9.59 Å². The number of benzene rings is 1. The summed E-state index contributed by atoms with van der Waals surface area (Å²) < 4.78 is 1.84. The maximum atomic E-state index is 12.6. The largest absolute Gasteiger partial charge is 0.342 e. The minimum atomic E-state index is -0.0241. The lowest BCUT2D eigenvalue weighted by atomic mass is 9.90. The molecule has 1 amide bonds. The number of amides is 1. The molecule has 0 N–H and O–H groups in total. The smallest absolute Gasteiger partial charge is 0.222 e. The molecule has 25 heavy (non-hydrogen) atoms. The van der Waals surface area contributed by atoms with Crippen molar-refractivity contribution in [1.29, 1.82) is 0 Å². The first kappa shape index (κ1) is 17.4. The monoisotopic (exact) mass is 339 g/mol. The van der Waals surface area contributed by atoms with Gasteiger partial charge in [-0.3, -0.25) is 14.3 Å². The molecule has 0 radical (unpaired) electrons. The van der Waals surface area contributed by atoms with Crippen LogP contribution in [0.25, 0.3) is 0 Å². The summed E-state index contributed by atoms with van der Waals surface area (Å²) in [5, 5.41) is 4.15. The second-order valence-electron chi connectivity index (χ2n) is 6.68. The molecule has 2 heterocycles. The van der Waals surface area contributed by atoms with Gasteiger partial charge in [0, 0.05) is 50.8 Å². The maximum absolute atomic E-state index is 12.6. The number of piperidine rings is 1. The summed E-state index contributed by atoms with van der Waals surface area (Å²) in [4.78, 5) is 26.9. The van der Waals surface area contributed by atoms with Crippen molar-refractivity contribution in [3.05, 3.63) is 54.4 Å². The third-order valence-corrected chi connectivity index (χ3v) is 4.79. The van der Waals surface area contributed by atoms with Gasteiger partial charge in [0.2, 0.25) is 5.91 Å². The van der Waals surface area contributed by atoms with E-state index in [2.05, 4.69) is 5.10 Å². The second-order valence-corrected chi connectivity index (χ2v) is 6.68. The molecule has 0 spiro atoms. The van der Waals surface area contributed by atoms with E-state index in [1.165, 1.54) is 0 Å². The fourth-order valence-corrected chi connectivity index (χ4v) is 3.39. The molecule has 1 aliphatic heterocycles. The zero-order chi connectivity index (χ0) is 17.5. The van der Waals surface area contributed by atoms with Crippen LogP contribution in [0, 0.1) is 5.92 Å². The fourth-order valence-electron chi connectivity index (χ4n) is 3.39. The quantitative estimate of drug-likeness (QED) is 0.779. The molecule has 2 aromatic rings. The number of ketones is 1. The molecule has 5 nitrogen and oxygen atoms in total. The van der Waals surface area contributed by atoms with Crippen LogP contribution in [0.1, 0.15) is 31.2 Å². The van der Waals surface area contributed by atoms with Crippen molar-refractivity contribution >= 4 is 11.7 Å². The maximum Gasteiger partial charge on any atom is 0.222 e.